The molecule has 98 valence electrons. The minimum Gasteiger partial charge on any atom is -0.379 e. The number of hydrogen-bond acceptors (Lipinski definition) is 5. The summed E-state index contributed by atoms with van der Waals surface area (Å²) in [5.74, 6) is 0.0957. The third-order valence-electron chi connectivity index (χ3n) is 3.05. The van der Waals surface area contributed by atoms with Crippen LogP contribution in [-0.4, -0.2) is 75.0 Å². The van der Waals surface area contributed by atoms with Gasteiger partial charge in [0.1, 0.15) is 0 Å². The van der Waals surface area contributed by atoms with E-state index in [0.717, 1.165) is 45.9 Å². The van der Waals surface area contributed by atoms with Crippen molar-refractivity contribution in [3.63, 3.8) is 0 Å². The van der Waals surface area contributed by atoms with Gasteiger partial charge >= 0.3 is 0 Å². The van der Waals surface area contributed by atoms with Crippen LogP contribution in [0.5, 0.6) is 0 Å². The van der Waals surface area contributed by atoms with Crippen LogP contribution in [0.3, 0.4) is 0 Å². The van der Waals surface area contributed by atoms with Gasteiger partial charge in [-0.25, -0.2) is 5.01 Å². The molecule has 0 saturated carbocycles. The maximum Gasteiger partial charge on any atom is 0.235 e. The van der Waals surface area contributed by atoms with Crippen molar-refractivity contribution in [1.29, 1.82) is 0 Å². The summed E-state index contributed by atoms with van der Waals surface area (Å²) in [6.45, 7) is 7.21. The lowest BCUT2D eigenvalue weighted by Gasteiger charge is -2.28. The van der Waals surface area contributed by atoms with Crippen LogP contribution < -0.4 is 5.43 Å². The van der Waals surface area contributed by atoms with Crippen molar-refractivity contribution in [2.75, 3.05) is 59.2 Å². The van der Waals surface area contributed by atoms with Gasteiger partial charge in [-0.05, 0) is 0 Å². The molecule has 0 aromatic carbocycles. The normalized spacial score (nSPS) is 23.5. The molecule has 1 amide bonds. The van der Waals surface area contributed by atoms with E-state index in [4.69, 9.17) is 9.47 Å². The molecule has 0 radical (unpaired) electrons. The van der Waals surface area contributed by atoms with Crippen LogP contribution >= 0.6 is 0 Å². The van der Waals surface area contributed by atoms with Crippen LogP contribution in [0, 0.1) is 0 Å². The van der Waals surface area contributed by atoms with Gasteiger partial charge in [0, 0.05) is 39.1 Å². The van der Waals surface area contributed by atoms with Crippen molar-refractivity contribution in [3.8, 4) is 0 Å². The number of nitrogens with one attached hydrogen (secondary N) is 1. The van der Waals surface area contributed by atoms with Crippen LogP contribution in [0.15, 0.2) is 0 Å². The van der Waals surface area contributed by atoms with Gasteiger partial charge in [-0.2, -0.15) is 0 Å². The molecule has 2 saturated heterocycles. The first-order chi connectivity index (χ1) is 8.34. The molecule has 0 aliphatic carbocycles. The maximum atomic E-state index is 11.7. The highest BCUT2D eigenvalue weighted by molar-refractivity contribution is 5.75. The van der Waals surface area contributed by atoms with Crippen molar-refractivity contribution in [2.45, 2.75) is 6.42 Å². The van der Waals surface area contributed by atoms with Crippen molar-refractivity contribution >= 4 is 5.91 Å². The van der Waals surface area contributed by atoms with Crippen LogP contribution in [0.4, 0.5) is 0 Å². The predicted molar refractivity (Wildman–Crippen MR) is 62.4 cm³/mol. The van der Waals surface area contributed by atoms with Gasteiger partial charge in [0.15, 0.2) is 0 Å². The number of morpholine rings is 2. The molecular formula is C11H21N3O3. The molecule has 2 fully saturated rings. The van der Waals surface area contributed by atoms with Crippen molar-refractivity contribution in [2.24, 2.45) is 0 Å². The smallest absolute Gasteiger partial charge is 0.235 e. The lowest BCUT2D eigenvalue weighted by Crippen LogP contribution is -2.49. The summed E-state index contributed by atoms with van der Waals surface area (Å²) in [5.41, 5.74) is 2.91. The number of ether oxygens (including phenoxy) is 2. The molecule has 0 aromatic rings. The van der Waals surface area contributed by atoms with Crippen LogP contribution in [0.2, 0.25) is 0 Å². The molecule has 1 N–H and O–H groups in total. The summed E-state index contributed by atoms with van der Waals surface area (Å²) in [5, 5.41) is 1.94. The Morgan fingerprint density at radius 3 is 2.24 bits per heavy atom. The Bertz CT molecular complexity index is 238. The van der Waals surface area contributed by atoms with Crippen molar-refractivity contribution in [1.82, 2.24) is 15.3 Å². The van der Waals surface area contributed by atoms with Crippen molar-refractivity contribution < 1.29 is 14.3 Å². The van der Waals surface area contributed by atoms with Crippen molar-refractivity contribution in [3.05, 3.63) is 0 Å². The first-order valence-electron chi connectivity index (χ1n) is 6.27. The highest BCUT2D eigenvalue weighted by Crippen LogP contribution is 1.99. The fraction of sp³-hybridized carbons (Fsp3) is 0.909. The first-order valence-corrected chi connectivity index (χ1v) is 6.27. The predicted octanol–water partition coefficient (Wildman–Crippen LogP) is -0.928. The van der Waals surface area contributed by atoms with E-state index in [1.54, 1.807) is 0 Å². The van der Waals surface area contributed by atoms with E-state index in [-0.39, 0.29) is 5.91 Å². The molecule has 2 aliphatic rings. The summed E-state index contributed by atoms with van der Waals surface area (Å²) >= 11 is 0. The SMILES string of the molecule is O=C(CCN1CCOCC1)NN1CCOCC1. The van der Waals surface area contributed by atoms with E-state index in [0.29, 0.717) is 19.6 Å². The van der Waals surface area contributed by atoms with Crippen LogP contribution in [0.25, 0.3) is 0 Å². The fourth-order valence-electron chi connectivity index (χ4n) is 1.99. The summed E-state index contributed by atoms with van der Waals surface area (Å²) in [7, 11) is 0. The van der Waals surface area contributed by atoms with E-state index >= 15 is 0 Å². The Morgan fingerprint density at radius 1 is 1.00 bits per heavy atom. The zero-order valence-corrected chi connectivity index (χ0v) is 10.2. The molecule has 17 heavy (non-hydrogen) atoms. The summed E-state index contributed by atoms with van der Waals surface area (Å²) < 4.78 is 10.5. The Hall–Kier alpha value is -0.690. The second-order valence-corrected chi connectivity index (χ2v) is 4.34. The van der Waals surface area contributed by atoms with E-state index in [9.17, 15) is 4.79 Å². The second-order valence-electron chi connectivity index (χ2n) is 4.34. The summed E-state index contributed by atoms with van der Waals surface area (Å²) in [6, 6.07) is 0. The molecule has 6 nitrogen and oxygen atoms in total. The molecule has 6 heteroatoms. The molecule has 2 heterocycles. The number of amides is 1. The highest BCUT2D eigenvalue weighted by Gasteiger charge is 2.15. The molecule has 2 rings (SSSR count). The number of carbonyl (C=O) groups is 1. The highest BCUT2D eigenvalue weighted by atomic mass is 16.5. The molecule has 2 aliphatic heterocycles. The topological polar surface area (TPSA) is 54.0 Å². The van der Waals surface area contributed by atoms with Gasteiger partial charge in [0.05, 0.1) is 26.4 Å². The van der Waals surface area contributed by atoms with Gasteiger partial charge in [-0.15, -0.1) is 0 Å². The third kappa shape index (κ3) is 4.59. The van der Waals surface area contributed by atoms with E-state index in [1.165, 1.54) is 0 Å². The Balaban J connectivity index is 1.59. The molecule has 0 atom stereocenters. The van der Waals surface area contributed by atoms with Gasteiger partial charge < -0.3 is 9.47 Å². The fourth-order valence-corrected chi connectivity index (χ4v) is 1.99. The second kappa shape index (κ2) is 6.90. The number of rotatable bonds is 4. The Kier molecular flexibility index (Phi) is 5.18. The average molecular weight is 243 g/mol. The summed E-state index contributed by atoms with van der Waals surface area (Å²) in [6.07, 6.45) is 0.553. The Labute approximate surface area is 102 Å². The van der Waals surface area contributed by atoms with Crippen LogP contribution in [-0.2, 0) is 14.3 Å². The number of hydrogen-bond donors (Lipinski definition) is 1. The average Bonchev–Trinajstić information content (AvgIpc) is 2.39. The maximum absolute atomic E-state index is 11.7. The minimum atomic E-state index is 0.0957. The zero-order valence-electron chi connectivity index (χ0n) is 10.2. The molecular weight excluding hydrogens is 222 g/mol. The number of hydrazine groups is 1. The minimum absolute atomic E-state index is 0.0957. The number of nitrogens with zero attached hydrogens (tertiary/aromatic N) is 2. The largest absolute Gasteiger partial charge is 0.379 e. The van der Waals surface area contributed by atoms with Gasteiger partial charge in [0.25, 0.3) is 0 Å². The zero-order chi connectivity index (χ0) is 11.9. The lowest BCUT2D eigenvalue weighted by atomic mass is 10.3. The van der Waals surface area contributed by atoms with Crippen LogP contribution in [0.1, 0.15) is 6.42 Å². The summed E-state index contributed by atoms with van der Waals surface area (Å²) in [4.78, 5) is 14.0. The van der Waals surface area contributed by atoms with E-state index in [2.05, 4.69) is 10.3 Å². The van der Waals surface area contributed by atoms with Gasteiger partial charge in [-0.3, -0.25) is 15.1 Å². The van der Waals surface area contributed by atoms with Gasteiger partial charge in [-0.1, -0.05) is 0 Å². The van der Waals surface area contributed by atoms with E-state index in [1.807, 2.05) is 5.01 Å². The first kappa shape index (κ1) is 12.8. The molecule has 0 unspecified atom stereocenters. The van der Waals surface area contributed by atoms with Gasteiger partial charge in [0.2, 0.25) is 5.91 Å². The molecule has 0 aromatic heterocycles. The van der Waals surface area contributed by atoms with E-state index < -0.39 is 0 Å². The monoisotopic (exact) mass is 243 g/mol. The number of carbonyl (C=O) groups excluding carboxylic acids is 1. The molecule has 0 spiro atoms. The quantitative estimate of drug-likeness (QED) is 0.691. The Morgan fingerprint density at radius 2 is 1.59 bits per heavy atom. The molecule has 0 bridgehead atoms. The third-order valence-corrected chi connectivity index (χ3v) is 3.05. The standard InChI is InChI=1S/C11H21N3O3/c15-11(12-14-5-9-17-10-6-14)1-2-13-3-7-16-8-4-13/h1-10H2,(H,12,15). The lowest BCUT2D eigenvalue weighted by molar-refractivity contribution is -0.128.